The van der Waals surface area contributed by atoms with E-state index in [4.69, 9.17) is 0 Å². The highest BCUT2D eigenvalue weighted by atomic mass is 16.2. The number of nitrogens with one attached hydrogen (secondary N) is 2. The first-order valence-corrected chi connectivity index (χ1v) is 9.04. The molecule has 0 radical (unpaired) electrons. The smallest absolute Gasteiger partial charge is 0.322 e. The molecule has 0 spiro atoms. The van der Waals surface area contributed by atoms with Crippen LogP contribution in [-0.2, 0) is 6.54 Å². The Balaban J connectivity index is 1.52. The summed E-state index contributed by atoms with van der Waals surface area (Å²) in [5.41, 5.74) is 6.08. The molecule has 0 aliphatic carbocycles. The van der Waals surface area contributed by atoms with Crippen molar-refractivity contribution in [2.24, 2.45) is 0 Å². The minimum Gasteiger partial charge on any atom is -0.328 e. The Hall–Kier alpha value is -2.33. The summed E-state index contributed by atoms with van der Waals surface area (Å²) in [5.74, 6) is 0. The molecule has 3 rings (SSSR count). The van der Waals surface area contributed by atoms with Crippen LogP contribution in [0.4, 0.5) is 10.5 Å². The fourth-order valence-electron chi connectivity index (χ4n) is 3.30. The summed E-state index contributed by atoms with van der Waals surface area (Å²) in [7, 11) is 0. The minimum atomic E-state index is 0.0122. The van der Waals surface area contributed by atoms with Gasteiger partial charge in [-0.2, -0.15) is 0 Å². The second-order valence-electron chi connectivity index (χ2n) is 7.07. The quantitative estimate of drug-likeness (QED) is 0.887. The van der Waals surface area contributed by atoms with Crippen LogP contribution in [0.2, 0.25) is 0 Å². The zero-order valence-corrected chi connectivity index (χ0v) is 15.4. The van der Waals surface area contributed by atoms with E-state index >= 15 is 0 Å². The van der Waals surface area contributed by atoms with Crippen molar-refractivity contribution in [3.8, 4) is 0 Å². The van der Waals surface area contributed by atoms with E-state index in [0.29, 0.717) is 0 Å². The van der Waals surface area contributed by atoms with E-state index in [2.05, 4.69) is 56.4 Å². The number of hydrogen-bond acceptors (Lipinski definition) is 1. The monoisotopic (exact) mass is 338 g/mol. The molecule has 2 amide bonds. The molecule has 2 N–H and O–H groups in total. The molecule has 1 fully saturated rings. The minimum absolute atomic E-state index is 0.0122. The van der Waals surface area contributed by atoms with Gasteiger partial charge in [0, 0.05) is 11.3 Å². The lowest BCUT2D eigenvalue weighted by atomic mass is 10.1. The first kappa shape index (κ1) is 17.5. The molecule has 1 aliphatic rings. The van der Waals surface area contributed by atoms with Gasteiger partial charge in [0.25, 0.3) is 0 Å². The molecule has 4 heteroatoms. The topological polar surface area (TPSA) is 36.8 Å². The van der Waals surface area contributed by atoms with Crippen LogP contribution in [0.5, 0.6) is 0 Å². The van der Waals surface area contributed by atoms with Crippen molar-refractivity contribution in [2.45, 2.75) is 27.3 Å². The Morgan fingerprint density at radius 1 is 1.00 bits per heavy atom. The molecule has 132 valence electrons. The van der Waals surface area contributed by atoms with Gasteiger partial charge in [-0.05, 0) is 49.6 Å². The molecule has 4 nitrogen and oxygen atoms in total. The molecule has 0 bridgehead atoms. The van der Waals surface area contributed by atoms with Crippen molar-refractivity contribution in [3.63, 3.8) is 0 Å². The summed E-state index contributed by atoms with van der Waals surface area (Å²) < 4.78 is 0. The molecule has 25 heavy (non-hydrogen) atoms. The number of rotatable bonds is 3. The number of quaternary nitrogens is 1. The zero-order chi connectivity index (χ0) is 17.8. The fraction of sp³-hybridized carbons (Fsp3) is 0.381. The van der Waals surface area contributed by atoms with Crippen LogP contribution in [0.15, 0.2) is 42.5 Å². The number of carbonyl (C=O) groups excluding carboxylic acids is 1. The summed E-state index contributed by atoms with van der Waals surface area (Å²) in [6.07, 6.45) is 0. The third-order valence-corrected chi connectivity index (χ3v) is 5.22. The fourth-order valence-corrected chi connectivity index (χ4v) is 3.30. The van der Waals surface area contributed by atoms with E-state index < -0.39 is 0 Å². The van der Waals surface area contributed by atoms with E-state index in [1.807, 2.05) is 17.0 Å². The highest BCUT2D eigenvalue weighted by molar-refractivity contribution is 5.89. The van der Waals surface area contributed by atoms with Crippen molar-refractivity contribution >= 4 is 11.7 Å². The first-order valence-electron chi connectivity index (χ1n) is 9.04. The number of nitrogens with zero attached hydrogens (tertiary/aromatic N) is 1. The number of hydrogen-bond donors (Lipinski definition) is 2. The first-order chi connectivity index (χ1) is 12.0. The van der Waals surface area contributed by atoms with E-state index in [1.165, 1.54) is 22.3 Å². The van der Waals surface area contributed by atoms with Gasteiger partial charge in [0.1, 0.15) is 6.54 Å². The van der Waals surface area contributed by atoms with Gasteiger partial charge in [-0.1, -0.05) is 30.3 Å². The summed E-state index contributed by atoms with van der Waals surface area (Å²) >= 11 is 0. The Morgan fingerprint density at radius 2 is 1.72 bits per heavy atom. The third-order valence-electron chi connectivity index (χ3n) is 5.22. The second-order valence-corrected chi connectivity index (χ2v) is 7.07. The zero-order valence-electron chi connectivity index (χ0n) is 15.4. The highest BCUT2D eigenvalue weighted by Crippen LogP contribution is 2.14. The van der Waals surface area contributed by atoms with Crippen molar-refractivity contribution in [1.82, 2.24) is 4.90 Å². The summed E-state index contributed by atoms with van der Waals surface area (Å²) in [5, 5.41) is 3.03. The van der Waals surface area contributed by atoms with E-state index in [-0.39, 0.29) is 6.03 Å². The van der Waals surface area contributed by atoms with Gasteiger partial charge >= 0.3 is 6.03 Å². The predicted molar refractivity (Wildman–Crippen MR) is 102 cm³/mol. The van der Waals surface area contributed by atoms with Gasteiger partial charge in [-0.25, -0.2) is 4.79 Å². The standard InChI is InChI=1S/C21H27N3O/c1-16-8-9-20(14-18(16)3)22-21(25)24-12-10-23(11-13-24)15-19-7-5-4-6-17(19)2/h4-9,14H,10-13,15H2,1-3H3,(H,22,25)/p+1. The molecule has 0 atom stereocenters. The van der Waals surface area contributed by atoms with Crippen LogP contribution in [-0.4, -0.2) is 37.1 Å². The molecule has 0 unspecified atom stereocenters. The number of anilines is 1. The van der Waals surface area contributed by atoms with Gasteiger partial charge < -0.3 is 15.1 Å². The van der Waals surface area contributed by atoms with Crippen LogP contribution in [0.1, 0.15) is 22.3 Å². The van der Waals surface area contributed by atoms with Crippen molar-refractivity contribution in [2.75, 3.05) is 31.5 Å². The Bertz CT molecular complexity index is 749. The van der Waals surface area contributed by atoms with Gasteiger partial charge in [-0.3, -0.25) is 0 Å². The second kappa shape index (κ2) is 7.70. The number of aryl methyl sites for hydroxylation is 3. The van der Waals surface area contributed by atoms with E-state index in [1.54, 1.807) is 4.90 Å². The van der Waals surface area contributed by atoms with E-state index in [9.17, 15) is 4.79 Å². The molecule has 0 saturated carbocycles. The lowest BCUT2D eigenvalue weighted by Gasteiger charge is -2.32. The van der Waals surface area contributed by atoms with Gasteiger partial charge in [-0.15, -0.1) is 0 Å². The summed E-state index contributed by atoms with van der Waals surface area (Å²) in [4.78, 5) is 16.0. The molecule has 1 heterocycles. The molecular formula is C21H28N3O+. The van der Waals surface area contributed by atoms with Crippen LogP contribution < -0.4 is 10.2 Å². The maximum atomic E-state index is 12.5. The molecule has 1 saturated heterocycles. The summed E-state index contributed by atoms with van der Waals surface area (Å²) in [6, 6.07) is 14.6. The largest absolute Gasteiger partial charge is 0.328 e. The van der Waals surface area contributed by atoms with Crippen LogP contribution >= 0.6 is 0 Å². The maximum Gasteiger partial charge on any atom is 0.322 e. The van der Waals surface area contributed by atoms with Gasteiger partial charge in [0.2, 0.25) is 0 Å². The maximum absolute atomic E-state index is 12.5. The van der Waals surface area contributed by atoms with Crippen LogP contribution in [0.3, 0.4) is 0 Å². The molecule has 2 aromatic rings. The Morgan fingerprint density at radius 3 is 2.40 bits per heavy atom. The molecule has 1 aliphatic heterocycles. The van der Waals surface area contributed by atoms with Crippen LogP contribution in [0, 0.1) is 20.8 Å². The highest BCUT2D eigenvalue weighted by Gasteiger charge is 2.24. The Labute approximate surface area is 150 Å². The number of piperazine rings is 1. The van der Waals surface area contributed by atoms with E-state index in [0.717, 1.165) is 38.4 Å². The number of benzene rings is 2. The number of amides is 2. The van der Waals surface area contributed by atoms with Crippen molar-refractivity contribution < 1.29 is 9.69 Å². The third kappa shape index (κ3) is 4.40. The van der Waals surface area contributed by atoms with Crippen molar-refractivity contribution in [3.05, 3.63) is 64.7 Å². The van der Waals surface area contributed by atoms with Crippen molar-refractivity contribution in [1.29, 1.82) is 0 Å². The average molecular weight is 338 g/mol. The average Bonchev–Trinajstić information content (AvgIpc) is 2.61. The SMILES string of the molecule is Cc1ccc(NC(=O)N2CC[NH+](Cc3ccccc3C)CC2)cc1C. The molecular weight excluding hydrogens is 310 g/mol. The predicted octanol–water partition coefficient (Wildman–Crippen LogP) is 2.54. The molecule has 0 aromatic heterocycles. The number of urea groups is 1. The Kier molecular flexibility index (Phi) is 5.39. The van der Waals surface area contributed by atoms with Gasteiger partial charge in [0.15, 0.2) is 0 Å². The normalized spacial score (nSPS) is 15.2. The molecule has 2 aromatic carbocycles. The summed E-state index contributed by atoms with van der Waals surface area (Å²) in [6.45, 7) is 11.0. The van der Waals surface area contributed by atoms with Gasteiger partial charge in [0.05, 0.1) is 26.2 Å². The number of carbonyl (C=O) groups is 1. The lowest BCUT2D eigenvalue weighted by molar-refractivity contribution is -0.917. The lowest BCUT2D eigenvalue weighted by Crippen LogP contribution is -3.13. The van der Waals surface area contributed by atoms with Crippen LogP contribution in [0.25, 0.3) is 0 Å².